The molecule has 0 saturated heterocycles. The van der Waals surface area contributed by atoms with Crippen LogP contribution < -0.4 is 11.5 Å². The van der Waals surface area contributed by atoms with Crippen molar-refractivity contribution < 1.29 is 9.66 Å². The fraction of sp³-hybridized carbons (Fsp3) is 0.143. The second-order valence-corrected chi connectivity index (χ2v) is 4.68. The highest BCUT2D eigenvalue weighted by Gasteiger charge is 2.33. The highest BCUT2D eigenvalue weighted by Crippen LogP contribution is 2.39. The summed E-state index contributed by atoms with van der Waals surface area (Å²) in [7, 11) is 0. The van der Waals surface area contributed by atoms with Crippen molar-refractivity contribution in [2.24, 2.45) is 11.5 Å². The number of non-ortho nitro benzene ring substituents is 1. The summed E-state index contributed by atoms with van der Waals surface area (Å²) in [4.78, 5) is 10.4. The Morgan fingerprint density at radius 2 is 2.14 bits per heavy atom. The van der Waals surface area contributed by atoms with Crippen LogP contribution in [0, 0.1) is 26.9 Å². The quantitative estimate of drug-likeness (QED) is 0.438. The molecule has 8 heteroatoms. The molecule has 1 aliphatic heterocycles. The maximum Gasteiger partial charge on any atom is 0.269 e. The van der Waals surface area contributed by atoms with Crippen LogP contribution in [-0.4, -0.2) is 10.6 Å². The number of rotatable bonds is 3. The highest BCUT2D eigenvalue weighted by atomic mass is 16.6. The number of hydrogen-bond acceptors (Lipinski definition) is 7. The Bertz CT molecular complexity index is 773. The number of allylic oxidation sites excluding steroid dienone is 2. The zero-order chi connectivity index (χ0) is 16.4. The molecule has 22 heavy (non-hydrogen) atoms. The molecule has 2 rings (SSSR count). The van der Waals surface area contributed by atoms with Gasteiger partial charge in [0.25, 0.3) is 5.69 Å². The average molecular weight is 299 g/mol. The Morgan fingerprint density at radius 1 is 1.45 bits per heavy atom. The van der Waals surface area contributed by atoms with Gasteiger partial charge in [0.1, 0.15) is 11.6 Å². The van der Waals surface area contributed by atoms with E-state index in [1.807, 2.05) is 6.07 Å². The predicted octanol–water partition coefficient (Wildman–Crippen LogP) is 1.61. The number of nitro groups is 1. The molecule has 0 amide bonds. The molecule has 0 saturated carbocycles. The maximum atomic E-state index is 10.9. The Kier molecular flexibility index (Phi) is 3.81. The Labute approximate surface area is 125 Å². The number of nitro benzene ring substituents is 1. The molecule has 112 valence electrons. The van der Waals surface area contributed by atoms with Crippen LogP contribution in [0.25, 0.3) is 0 Å². The molecule has 0 aromatic heterocycles. The molecule has 1 unspecified atom stereocenters. The zero-order valence-corrected chi connectivity index (χ0v) is 11.7. The van der Waals surface area contributed by atoms with Gasteiger partial charge in [-0.25, -0.2) is 0 Å². The van der Waals surface area contributed by atoms with Crippen LogP contribution in [0.3, 0.4) is 0 Å². The van der Waals surface area contributed by atoms with Crippen LogP contribution in [0.5, 0.6) is 0 Å². The lowest BCUT2D eigenvalue weighted by molar-refractivity contribution is -0.384. The minimum Gasteiger partial charge on any atom is -0.424 e. The van der Waals surface area contributed by atoms with Gasteiger partial charge < -0.3 is 21.6 Å². The fourth-order valence-electron chi connectivity index (χ4n) is 2.33. The van der Waals surface area contributed by atoms with Crippen LogP contribution in [0.2, 0.25) is 0 Å². The van der Waals surface area contributed by atoms with Gasteiger partial charge >= 0.3 is 0 Å². The normalized spacial score (nSPS) is 17.7. The SMILES string of the molecule is CC(=N)C1=C(N)OC(N)=C(C#N)C1c1cccc([N+](=O)[O-])c1. The Balaban J connectivity index is 2.68. The molecule has 1 atom stereocenters. The second-order valence-electron chi connectivity index (χ2n) is 4.68. The highest BCUT2D eigenvalue weighted by molar-refractivity contribution is 5.98. The van der Waals surface area contributed by atoms with Crippen molar-refractivity contribution in [3.05, 3.63) is 62.9 Å². The summed E-state index contributed by atoms with van der Waals surface area (Å²) in [5.41, 5.74) is 12.2. The topological polar surface area (TPSA) is 152 Å². The molecule has 0 bridgehead atoms. The Morgan fingerprint density at radius 3 is 2.68 bits per heavy atom. The number of nitrogens with zero attached hydrogens (tertiary/aromatic N) is 2. The van der Waals surface area contributed by atoms with Gasteiger partial charge in [0.15, 0.2) is 5.88 Å². The smallest absolute Gasteiger partial charge is 0.269 e. The van der Waals surface area contributed by atoms with E-state index < -0.39 is 10.8 Å². The molecule has 8 nitrogen and oxygen atoms in total. The van der Waals surface area contributed by atoms with E-state index in [1.165, 1.54) is 25.1 Å². The molecule has 1 aromatic rings. The van der Waals surface area contributed by atoms with Gasteiger partial charge in [-0.1, -0.05) is 12.1 Å². The van der Waals surface area contributed by atoms with E-state index in [4.69, 9.17) is 21.6 Å². The van der Waals surface area contributed by atoms with Gasteiger partial charge in [0, 0.05) is 23.4 Å². The van der Waals surface area contributed by atoms with Crippen LogP contribution in [0.1, 0.15) is 18.4 Å². The number of nitriles is 1. The van der Waals surface area contributed by atoms with E-state index >= 15 is 0 Å². The monoisotopic (exact) mass is 299 g/mol. The van der Waals surface area contributed by atoms with Gasteiger partial charge in [-0.3, -0.25) is 10.1 Å². The molecule has 0 radical (unpaired) electrons. The summed E-state index contributed by atoms with van der Waals surface area (Å²) in [5.74, 6) is -1.02. The molecule has 0 spiro atoms. The fourth-order valence-corrected chi connectivity index (χ4v) is 2.33. The van der Waals surface area contributed by atoms with Gasteiger partial charge in [0.05, 0.1) is 10.8 Å². The lowest BCUT2D eigenvalue weighted by Crippen LogP contribution is -2.27. The van der Waals surface area contributed by atoms with E-state index in [1.54, 1.807) is 6.07 Å². The third-order valence-electron chi connectivity index (χ3n) is 3.27. The zero-order valence-electron chi connectivity index (χ0n) is 11.7. The van der Waals surface area contributed by atoms with Crippen molar-refractivity contribution in [3.8, 4) is 6.07 Å². The van der Waals surface area contributed by atoms with Gasteiger partial charge in [-0.15, -0.1) is 0 Å². The van der Waals surface area contributed by atoms with E-state index in [-0.39, 0.29) is 34.3 Å². The molecule has 0 aliphatic carbocycles. The largest absolute Gasteiger partial charge is 0.424 e. The van der Waals surface area contributed by atoms with Gasteiger partial charge in [-0.2, -0.15) is 5.26 Å². The first-order chi connectivity index (χ1) is 10.4. The predicted molar refractivity (Wildman–Crippen MR) is 78.4 cm³/mol. The summed E-state index contributed by atoms with van der Waals surface area (Å²) in [6.45, 7) is 1.49. The van der Waals surface area contributed by atoms with Crippen molar-refractivity contribution in [2.45, 2.75) is 12.8 Å². The number of hydrogen-bond donors (Lipinski definition) is 3. The summed E-state index contributed by atoms with van der Waals surface area (Å²) < 4.78 is 5.11. The molecule has 1 aliphatic rings. The lowest BCUT2D eigenvalue weighted by Gasteiger charge is -2.26. The molecule has 0 fully saturated rings. The number of benzene rings is 1. The first-order valence-corrected chi connectivity index (χ1v) is 6.24. The molecule has 1 aromatic carbocycles. The van der Waals surface area contributed by atoms with Crippen molar-refractivity contribution in [2.75, 3.05) is 0 Å². The molecular formula is C14H13N5O3. The van der Waals surface area contributed by atoms with Gasteiger partial charge in [-0.05, 0) is 12.5 Å². The molecule has 1 heterocycles. The van der Waals surface area contributed by atoms with E-state index in [0.29, 0.717) is 5.56 Å². The van der Waals surface area contributed by atoms with Gasteiger partial charge in [0.2, 0.25) is 5.88 Å². The summed E-state index contributed by atoms with van der Waals surface area (Å²) in [6.07, 6.45) is 0. The minimum absolute atomic E-state index is 0.0660. The summed E-state index contributed by atoms with van der Waals surface area (Å²) in [5, 5.41) is 28.1. The number of ether oxygens (including phenoxy) is 1. The first-order valence-electron chi connectivity index (χ1n) is 6.24. The first kappa shape index (κ1) is 15.1. The Hall–Kier alpha value is -3.34. The molecular weight excluding hydrogens is 286 g/mol. The third-order valence-corrected chi connectivity index (χ3v) is 3.27. The van der Waals surface area contributed by atoms with Crippen molar-refractivity contribution in [3.63, 3.8) is 0 Å². The van der Waals surface area contributed by atoms with Crippen LogP contribution in [0.15, 0.2) is 47.2 Å². The van der Waals surface area contributed by atoms with E-state index in [9.17, 15) is 15.4 Å². The van der Waals surface area contributed by atoms with Crippen LogP contribution in [0.4, 0.5) is 5.69 Å². The maximum absolute atomic E-state index is 10.9. The standard InChI is InChI=1S/C14H13N5O3/c1-7(16)11-12(10(6-15)13(17)22-14(11)18)8-3-2-4-9(5-8)19(20)21/h2-5,12,16H,17-18H2,1H3. The van der Waals surface area contributed by atoms with Crippen molar-refractivity contribution in [1.29, 1.82) is 10.7 Å². The lowest BCUT2D eigenvalue weighted by atomic mass is 9.82. The van der Waals surface area contributed by atoms with E-state index in [2.05, 4.69) is 0 Å². The molecule has 5 N–H and O–H groups in total. The third kappa shape index (κ3) is 2.47. The van der Waals surface area contributed by atoms with Crippen LogP contribution in [-0.2, 0) is 4.74 Å². The van der Waals surface area contributed by atoms with Crippen molar-refractivity contribution >= 4 is 11.4 Å². The van der Waals surface area contributed by atoms with E-state index in [0.717, 1.165) is 0 Å². The summed E-state index contributed by atoms with van der Waals surface area (Å²) in [6, 6.07) is 7.72. The van der Waals surface area contributed by atoms with Crippen molar-refractivity contribution in [1.82, 2.24) is 0 Å². The minimum atomic E-state index is -0.767. The number of nitrogens with two attached hydrogens (primary N) is 2. The number of nitrogens with one attached hydrogen (secondary N) is 1. The van der Waals surface area contributed by atoms with Crippen LogP contribution >= 0.6 is 0 Å². The summed E-state index contributed by atoms with van der Waals surface area (Å²) >= 11 is 0. The average Bonchev–Trinajstić information content (AvgIpc) is 2.46. The second kappa shape index (κ2) is 5.57.